The van der Waals surface area contributed by atoms with Crippen LogP contribution in [0.5, 0.6) is 11.5 Å². The highest BCUT2D eigenvalue weighted by atomic mass is 16.5. The van der Waals surface area contributed by atoms with E-state index in [1.54, 1.807) is 20.3 Å². The molecule has 1 aromatic heterocycles. The lowest BCUT2D eigenvalue weighted by atomic mass is 9.98. The van der Waals surface area contributed by atoms with Gasteiger partial charge in [-0.2, -0.15) is 0 Å². The maximum atomic E-state index is 5.56. The lowest BCUT2D eigenvalue weighted by Gasteiger charge is -2.15. The van der Waals surface area contributed by atoms with Crippen LogP contribution in [-0.2, 0) is 0 Å². The smallest absolute Gasteiger partial charge is 0.222 e. The van der Waals surface area contributed by atoms with Crippen LogP contribution in [0.4, 0.5) is 5.88 Å². The summed E-state index contributed by atoms with van der Waals surface area (Å²) >= 11 is 0. The summed E-state index contributed by atoms with van der Waals surface area (Å²) in [5, 5.41) is 3.94. The van der Waals surface area contributed by atoms with E-state index in [9.17, 15) is 0 Å². The summed E-state index contributed by atoms with van der Waals surface area (Å²) in [4.78, 5) is 0. The molecule has 0 aliphatic carbocycles. The number of methoxy groups -OCH3 is 2. The number of aromatic nitrogens is 1. The molecule has 0 aliphatic heterocycles. The molecule has 5 heteroatoms. The Morgan fingerprint density at radius 1 is 1.17 bits per heavy atom. The molecule has 0 radical (unpaired) electrons. The third-order valence-electron chi connectivity index (χ3n) is 2.89. The highest BCUT2D eigenvalue weighted by Gasteiger charge is 2.18. The lowest BCUT2D eigenvalue weighted by Crippen LogP contribution is -1.98. The van der Waals surface area contributed by atoms with Crippen molar-refractivity contribution >= 4 is 5.88 Å². The van der Waals surface area contributed by atoms with Gasteiger partial charge in [0.15, 0.2) is 11.5 Å². The van der Waals surface area contributed by atoms with Gasteiger partial charge in [0, 0.05) is 17.2 Å². The second kappa shape index (κ2) is 4.60. The van der Waals surface area contributed by atoms with Crippen molar-refractivity contribution < 1.29 is 14.0 Å². The highest BCUT2D eigenvalue weighted by molar-refractivity contribution is 5.74. The van der Waals surface area contributed by atoms with Gasteiger partial charge in [0.1, 0.15) is 5.69 Å². The van der Waals surface area contributed by atoms with Crippen molar-refractivity contribution in [2.75, 3.05) is 20.0 Å². The Morgan fingerprint density at radius 2 is 1.89 bits per heavy atom. The maximum Gasteiger partial charge on any atom is 0.222 e. The fourth-order valence-corrected chi connectivity index (χ4v) is 2.14. The summed E-state index contributed by atoms with van der Waals surface area (Å²) in [5.41, 5.74) is 9.18. The highest BCUT2D eigenvalue weighted by Crippen LogP contribution is 2.39. The molecule has 1 aromatic carbocycles. The fourth-order valence-electron chi connectivity index (χ4n) is 2.14. The first-order chi connectivity index (χ1) is 8.58. The molecule has 0 fully saturated rings. The summed E-state index contributed by atoms with van der Waals surface area (Å²) < 4.78 is 15.6. The average molecular weight is 248 g/mol. The number of nitrogen functional groups attached to an aromatic ring is 1. The molecule has 5 nitrogen and oxygen atoms in total. The number of aryl methyl sites for hydroxylation is 1. The standard InChI is InChI=1S/C13H16N2O3/c1-7-5-10(16-3)13(17-4)8(2)12(7)9-6-11(14)18-15-9/h5-6H,14H2,1-4H3. The summed E-state index contributed by atoms with van der Waals surface area (Å²) in [7, 11) is 3.23. The van der Waals surface area contributed by atoms with E-state index in [2.05, 4.69) is 5.16 Å². The normalized spacial score (nSPS) is 10.4. The van der Waals surface area contributed by atoms with Gasteiger partial charge in [-0.1, -0.05) is 5.16 Å². The molecule has 96 valence electrons. The number of ether oxygens (including phenoxy) is 2. The summed E-state index contributed by atoms with van der Waals surface area (Å²) in [6.45, 7) is 3.93. The largest absolute Gasteiger partial charge is 0.493 e. The van der Waals surface area contributed by atoms with E-state index in [0.29, 0.717) is 23.1 Å². The van der Waals surface area contributed by atoms with Crippen LogP contribution in [0.15, 0.2) is 16.7 Å². The van der Waals surface area contributed by atoms with Crippen LogP contribution in [-0.4, -0.2) is 19.4 Å². The van der Waals surface area contributed by atoms with Gasteiger partial charge in [0.25, 0.3) is 0 Å². The minimum absolute atomic E-state index is 0.290. The first-order valence-corrected chi connectivity index (χ1v) is 5.53. The van der Waals surface area contributed by atoms with Gasteiger partial charge in [0.05, 0.1) is 14.2 Å². The van der Waals surface area contributed by atoms with E-state index in [-0.39, 0.29) is 0 Å². The molecule has 1 heterocycles. The Balaban J connectivity index is 2.68. The molecule has 0 aliphatic rings. The van der Waals surface area contributed by atoms with Crippen LogP contribution >= 0.6 is 0 Å². The van der Waals surface area contributed by atoms with Crippen LogP contribution < -0.4 is 15.2 Å². The van der Waals surface area contributed by atoms with Crippen molar-refractivity contribution in [2.24, 2.45) is 0 Å². The minimum Gasteiger partial charge on any atom is -0.493 e. The number of hydrogen-bond donors (Lipinski definition) is 1. The lowest BCUT2D eigenvalue weighted by molar-refractivity contribution is 0.353. The van der Waals surface area contributed by atoms with Gasteiger partial charge >= 0.3 is 0 Å². The molecule has 2 aromatic rings. The Kier molecular flexibility index (Phi) is 3.14. The van der Waals surface area contributed by atoms with E-state index in [0.717, 1.165) is 16.7 Å². The van der Waals surface area contributed by atoms with Crippen LogP contribution in [0, 0.1) is 13.8 Å². The van der Waals surface area contributed by atoms with Gasteiger partial charge in [-0.25, -0.2) is 0 Å². The Hall–Kier alpha value is -2.17. The van der Waals surface area contributed by atoms with Crippen molar-refractivity contribution in [3.63, 3.8) is 0 Å². The van der Waals surface area contributed by atoms with E-state index in [4.69, 9.17) is 19.7 Å². The Bertz CT molecular complexity index is 576. The van der Waals surface area contributed by atoms with E-state index < -0.39 is 0 Å². The molecular formula is C13H16N2O3. The molecule has 0 bridgehead atoms. The van der Waals surface area contributed by atoms with Crippen molar-refractivity contribution in [1.82, 2.24) is 5.16 Å². The first-order valence-electron chi connectivity index (χ1n) is 5.53. The van der Waals surface area contributed by atoms with E-state index in [1.165, 1.54) is 0 Å². The van der Waals surface area contributed by atoms with E-state index in [1.807, 2.05) is 19.9 Å². The fraction of sp³-hybridized carbons (Fsp3) is 0.308. The molecule has 0 saturated heterocycles. The van der Waals surface area contributed by atoms with Crippen LogP contribution in [0.3, 0.4) is 0 Å². The number of rotatable bonds is 3. The third kappa shape index (κ3) is 1.88. The summed E-state index contributed by atoms with van der Waals surface area (Å²) in [6, 6.07) is 3.60. The minimum atomic E-state index is 0.290. The Labute approximate surface area is 105 Å². The third-order valence-corrected chi connectivity index (χ3v) is 2.89. The zero-order valence-corrected chi connectivity index (χ0v) is 10.9. The summed E-state index contributed by atoms with van der Waals surface area (Å²) in [5.74, 6) is 1.69. The molecule has 0 spiro atoms. The average Bonchev–Trinajstić information content (AvgIpc) is 2.75. The van der Waals surface area contributed by atoms with E-state index >= 15 is 0 Å². The first kappa shape index (κ1) is 12.3. The van der Waals surface area contributed by atoms with Crippen molar-refractivity contribution in [2.45, 2.75) is 13.8 Å². The predicted molar refractivity (Wildman–Crippen MR) is 68.9 cm³/mol. The number of nitrogens with zero attached hydrogens (tertiary/aromatic N) is 1. The maximum absolute atomic E-state index is 5.56. The molecule has 0 unspecified atom stereocenters. The van der Waals surface area contributed by atoms with Crippen LogP contribution in [0.25, 0.3) is 11.3 Å². The number of benzene rings is 1. The van der Waals surface area contributed by atoms with Crippen molar-refractivity contribution in [3.8, 4) is 22.8 Å². The monoisotopic (exact) mass is 248 g/mol. The molecule has 2 N–H and O–H groups in total. The van der Waals surface area contributed by atoms with Gasteiger partial charge in [-0.15, -0.1) is 0 Å². The van der Waals surface area contributed by atoms with Crippen LogP contribution in [0.2, 0.25) is 0 Å². The van der Waals surface area contributed by atoms with Crippen molar-refractivity contribution in [1.29, 1.82) is 0 Å². The molecule has 0 saturated carbocycles. The molecule has 0 amide bonds. The SMILES string of the molecule is COc1cc(C)c(-c2cc(N)on2)c(C)c1OC. The summed E-state index contributed by atoms with van der Waals surface area (Å²) in [6.07, 6.45) is 0. The van der Waals surface area contributed by atoms with Gasteiger partial charge in [-0.3, -0.25) is 0 Å². The molecule has 18 heavy (non-hydrogen) atoms. The molecule has 0 atom stereocenters. The number of anilines is 1. The van der Waals surface area contributed by atoms with Crippen LogP contribution in [0.1, 0.15) is 11.1 Å². The van der Waals surface area contributed by atoms with Crippen molar-refractivity contribution in [3.05, 3.63) is 23.3 Å². The second-order valence-electron chi connectivity index (χ2n) is 4.04. The second-order valence-corrected chi connectivity index (χ2v) is 4.04. The zero-order valence-electron chi connectivity index (χ0n) is 10.9. The number of nitrogens with two attached hydrogens (primary N) is 1. The molecular weight excluding hydrogens is 232 g/mol. The Morgan fingerprint density at radius 3 is 2.39 bits per heavy atom. The van der Waals surface area contributed by atoms with Gasteiger partial charge < -0.3 is 19.7 Å². The van der Waals surface area contributed by atoms with Gasteiger partial charge in [0.2, 0.25) is 5.88 Å². The zero-order chi connectivity index (χ0) is 13.3. The quantitative estimate of drug-likeness (QED) is 0.903. The molecule has 2 rings (SSSR count). The number of hydrogen-bond acceptors (Lipinski definition) is 5. The van der Waals surface area contributed by atoms with Gasteiger partial charge in [-0.05, 0) is 25.5 Å². The topological polar surface area (TPSA) is 70.5 Å². The predicted octanol–water partition coefficient (Wildman–Crippen LogP) is 2.56.